The highest BCUT2D eigenvalue weighted by molar-refractivity contribution is 5.57. The second-order valence-corrected chi connectivity index (χ2v) is 4.15. The van der Waals surface area contributed by atoms with Gasteiger partial charge in [0, 0.05) is 0 Å². The Morgan fingerprint density at radius 1 is 1.65 bits per heavy atom. The summed E-state index contributed by atoms with van der Waals surface area (Å²) in [7, 11) is 0. The fraction of sp³-hybridized carbons (Fsp3) is 0.500. The largest absolute Gasteiger partial charge is 0.475 e. The molecule has 3 nitrogen and oxygen atoms in total. The van der Waals surface area contributed by atoms with E-state index >= 15 is 0 Å². The van der Waals surface area contributed by atoms with Crippen LogP contribution >= 0.6 is 0 Å². The van der Waals surface area contributed by atoms with Crippen molar-refractivity contribution in [1.29, 1.82) is 0 Å². The van der Waals surface area contributed by atoms with Crippen LogP contribution in [0.5, 0.6) is 0 Å². The molecule has 0 bridgehead atoms. The summed E-state index contributed by atoms with van der Waals surface area (Å²) in [5, 5.41) is 2.97. The first-order chi connectivity index (χ1) is 8.26. The van der Waals surface area contributed by atoms with E-state index in [4.69, 9.17) is 4.74 Å². The zero-order chi connectivity index (χ0) is 12.5. The van der Waals surface area contributed by atoms with Crippen LogP contribution in [0.1, 0.15) is 32.6 Å². The van der Waals surface area contributed by atoms with Crippen molar-refractivity contribution in [2.45, 2.75) is 38.6 Å². The SMILES string of the molecule is C=C(NC(C=O)CCC)OCC1=CCCC=C1. The number of rotatable bonds is 8. The van der Waals surface area contributed by atoms with Gasteiger partial charge >= 0.3 is 0 Å². The number of carbonyl (C=O) groups is 1. The van der Waals surface area contributed by atoms with E-state index in [1.165, 1.54) is 0 Å². The second kappa shape index (κ2) is 7.71. The van der Waals surface area contributed by atoms with Gasteiger partial charge in [-0.15, -0.1) is 0 Å². The molecule has 0 aromatic carbocycles. The Balaban J connectivity index is 2.26. The molecule has 1 aliphatic rings. The first-order valence-corrected chi connectivity index (χ1v) is 6.15. The highest BCUT2D eigenvalue weighted by Crippen LogP contribution is 2.10. The Morgan fingerprint density at radius 3 is 3.06 bits per heavy atom. The van der Waals surface area contributed by atoms with E-state index in [-0.39, 0.29) is 6.04 Å². The maximum atomic E-state index is 10.8. The summed E-state index contributed by atoms with van der Waals surface area (Å²) < 4.78 is 5.48. The van der Waals surface area contributed by atoms with E-state index in [9.17, 15) is 4.79 Å². The van der Waals surface area contributed by atoms with Gasteiger partial charge in [-0.25, -0.2) is 0 Å². The van der Waals surface area contributed by atoms with Crippen LogP contribution in [0.15, 0.2) is 36.3 Å². The van der Waals surface area contributed by atoms with Gasteiger partial charge in [-0.2, -0.15) is 0 Å². The van der Waals surface area contributed by atoms with Gasteiger partial charge in [0.2, 0.25) is 0 Å². The fourth-order valence-corrected chi connectivity index (χ4v) is 1.68. The van der Waals surface area contributed by atoms with E-state index in [0.717, 1.165) is 37.5 Å². The molecule has 0 spiro atoms. The average Bonchev–Trinajstić information content (AvgIpc) is 2.37. The molecule has 1 rings (SSSR count). The lowest BCUT2D eigenvalue weighted by Gasteiger charge is -2.16. The van der Waals surface area contributed by atoms with Gasteiger partial charge < -0.3 is 14.8 Å². The number of hydrogen-bond acceptors (Lipinski definition) is 3. The van der Waals surface area contributed by atoms with Crippen molar-refractivity contribution in [3.05, 3.63) is 36.3 Å². The molecule has 0 heterocycles. The second-order valence-electron chi connectivity index (χ2n) is 4.15. The maximum absolute atomic E-state index is 10.8. The number of hydrogen-bond donors (Lipinski definition) is 1. The summed E-state index contributed by atoms with van der Waals surface area (Å²) in [6.45, 7) is 6.32. The summed E-state index contributed by atoms with van der Waals surface area (Å²) >= 11 is 0. The van der Waals surface area contributed by atoms with Gasteiger partial charge in [0.15, 0.2) is 5.88 Å². The number of carbonyl (C=O) groups excluding carboxylic acids is 1. The predicted molar refractivity (Wildman–Crippen MR) is 69.4 cm³/mol. The molecule has 3 heteroatoms. The normalized spacial score (nSPS) is 15.9. The number of nitrogens with one attached hydrogen (secondary N) is 1. The van der Waals surface area contributed by atoms with Crippen molar-refractivity contribution in [3.8, 4) is 0 Å². The molecule has 0 saturated carbocycles. The molecule has 0 aromatic heterocycles. The van der Waals surface area contributed by atoms with Crippen molar-refractivity contribution in [3.63, 3.8) is 0 Å². The number of allylic oxidation sites excluding steroid dienone is 2. The Morgan fingerprint density at radius 2 is 2.47 bits per heavy atom. The molecule has 0 saturated heterocycles. The number of aldehydes is 1. The molecular weight excluding hydrogens is 214 g/mol. The third-order valence-corrected chi connectivity index (χ3v) is 2.60. The van der Waals surface area contributed by atoms with Crippen LogP contribution in [-0.4, -0.2) is 18.9 Å². The minimum Gasteiger partial charge on any atom is -0.475 e. The van der Waals surface area contributed by atoms with Crippen LogP contribution in [0.2, 0.25) is 0 Å². The first kappa shape index (κ1) is 13.6. The molecule has 0 radical (unpaired) electrons. The minimum atomic E-state index is -0.191. The topological polar surface area (TPSA) is 38.3 Å². The quantitative estimate of drug-likeness (QED) is 0.519. The van der Waals surface area contributed by atoms with E-state index in [0.29, 0.717) is 12.5 Å². The Hall–Kier alpha value is -1.51. The van der Waals surface area contributed by atoms with E-state index in [2.05, 4.69) is 30.1 Å². The summed E-state index contributed by atoms with van der Waals surface area (Å²) in [6, 6.07) is -0.191. The smallest absolute Gasteiger partial charge is 0.180 e. The van der Waals surface area contributed by atoms with E-state index in [1.807, 2.05) is 6.92 Å². The average molecular weight is 235 g/mol. The summed E-state index contributed by atoms with van der Waals surface area (Å²) in [6.07, 6.45) is 11.2. The van der Waals surface area contributed by atoms with Crippen LogP contribution in [-0.2, 0) is 9.53 Å². The highest BCUT2D eigenvalue weighted by atomic mass is 16.5. The highest BCUT2D eigenvalue weighted by Gasteiger charge is 2.07. The van der Waals surface area contributed by atoms with E-state index < -0.39 is 0 Å². The molecule has 1 N–H and O–H groups in total. The molecule has 1 atom stereocenters. The zero-order valence-electron chi connectivity index (χ0n) is 10.4. The lowest BCUT2D eigenvalue weighted by molar-refractivity contribution is -0.109. The van der Waals surface area contributed by atoms with Gasteiger partial charge in [0.05, 0.1) is 6.04 Å². The lowest BCUT2D eigenvalue weighted by atomic mass is 10.1. The first-order valence-electron chi connectivity index (χ1n) is 6.15. The van der Waals surface area contributed by atoms with Crippen LogP contribution < -0.4 is 5.32 Å². The van der Waals surface area contributed by atoms with Gasteiger partial charge in [-0.3, -0.25) is 0 Å². The fourth-order valence-electron chi connectivity index (χ4n) is 1.68. The number of ether oxygens (including phenoxy) is 1. The Labute approximate surface area is 103 Å². The van der Waals surface area contributed by atoms with Gasteiger partial charge in [-0.1, -0.05) is 31.6 Å². The summed E-state index contributed by atoms with van der Waals surface area (Å²) in [5.41, 5.74) is 1.16. The molecule has 1 aliphatic carbocycles. The van der Waals surface area contributed by atoms with Crippen molar-refractivity contribution in [1.82, 2.24) is 5.32 Å². The maximum Gasteiger partial charge on any atom is 0.180 e. The van der Waals surface area contributed by atoms with Crippen molar-refractivity contribution >= 4 is 6.29 Å². The Bertz CT molecular complexity index is 318. The molecule has 94 valence electrons. The summed E-state index contributed by atoms with van der Waals surface area (Å²) in [4.78, 5) is 10.8. The van der Waals surface area contributed by atoms with Crippen LogP contribution in [0.3, 0.4) is 0 Å². The molecule has 1 unspecified atom stereocenters. The van der Waals surface area contributed by atoms with Crippen LogP contribution in [0.4, 0.5) is 0 Å². The van der Waals surface area contributed by atoms with Crippen LogP contribution in [0, 0.1) is 0 Å². The lowest BCUT2D eigenvalue weighted by Crippen LogP contribution is -2.30. The zero-order valence-corrected chi connectivity index (χ0v) is 10.4. The van der Waals surface area contributed by atoms with Crippen LogP contribution in [0.25, 0.3) is 0 Å². The molecule has 17 heavy (non-hydrogen) atoms. The monoisotopic (exact) mass is 235 g/mol. The van der Waals surface area contributed by atoms with Crippen molar-refractivity contribution in [2.24, 2.45) is 0 Å². The molecule has 0 fully saturated rings. The summed E-state index contributed by atoms with van der Waals surface area (Å²) in [5.74, 6) is 0.468. The van der Waals surface area contributed by atoms with Gasteiger partial charge in [-0.05, 0) is 31.4 Å². The van der Waals surface area contributed by atoms with Gasteiger partial charge in [0.25, 0.3) is 0 Å². The molecule has 0 aromatic rings. The van der Waals surface area contributed by atoms with Gasteiger partial charge in [0.1, 0.15) is 12.9 Å². The minimum absolute atomic E-state index is 0.191. The standard InChI is InChI=1S/C14H21NO2/c1-3-7-14(10-16)15-12(2)17-11-13-8-5-4-6-9-13/h5,8-10,14-15H,2-4,6-7,11H2,1H3. The molecule has 0 amide bonds. The third-order valence-electron chi connectivity index (χ3n) is 2.60. The molecular formula is C14H21NO2. The van der Waals surface area contributed by atoms with Crippen molar-refractivity contribution in [2.75, 3.05) is 6.61 Å². The molecule has 0 aliphatic heterocycles. The van der Waals surface area contributed by atoms with Crippen molar-refractivity contribution < 1.29 is 9.53 Å². The van der Waals surface area contributed by atoms with E-state index in [1.54, 1.807) is 0 Å². The Kier molecular flexibility index (Phi) is 6.15. The predicted octanol–water partition coefficient (Wildman–Crippen LogP) is 2.71. The third kappa shape index (κ3) is 5.38.